The average Bonchev–Trinajstić information content (AvgIpc) is 3.21. The van der Waals surface area contributed by atoms with Gasteiger partial charge in [0.05, 0.1) is 12.6 Å². The predicted octanol–water partition coefficient (Wildman–Crippen LogP) is 3.06. The normalized spacial score (nSPS) is 15.6. The summed E-state index contributed by atoms with van der Waals surface area (Å²) in [5.41, 5.74) is 3.01. The van der Waals surface area contributed by atoms with Gasteiger partial charge in [0.25, 0.3) is 0 Å². The molecule has 0 unspecified atom stereocenters. The van der Waals surface area contributed by atoms with Crippen LogP contribution in [0.3, 0.4) is 0 Å². The predicted molar refractivity (Wildman–Crippen MR) is 77.8 cm³/mol. The van der Waals surface area contributed by atoms with Crippen molar-refractivity contribution in [1.29, 1.82) is 0 Å². The molecule has 104 valence electrons. The van der Waals surface area contributed by atoms with Gasteiger partial charge in [-0.2, -0.15) is 0 Å². The van der Waals surface area contributed by atoms with Gasteiger partial charge in [0.2, 0.25) is 0 Å². The zero-order chi connectivity index (χ0) is 14.3. The van der Waals surface area contributed by atoms with Gasteiger partial charge in [0, 0.05) is 36.3 Å². The van der Waals surface area contributed by atoms with Crippen LogP contribution in [0.15, 0.2) is 30.5 Å². The first-order valence-electron chi connectivity index (χ1n) is 6.68. The topological polar surface area (TPSA) is 51.5 Å². The van der Waals surface area contributed by atoms with E-state index in [0.717, 1.165) is 40.6 Å². The fraction of sp³-hybridized carbons (Fsp3) is 0.312. The molecule has 1 aliphatic rings. The maximum atomic E-state index is 11.1. The van der Waals surface area contributed by atoms with Gasteiger partial charge < -0.3 is 14.4 Å². The van der Waals surface area contributed by atoms with Crippen molar-refractivity contribution in [3.8, 4) is 5.75 Å². The third kappa shape index (κ3) is 2.18. The molecular formula is C16H17NO3. The molecule has 1 saturated carbocycles. The smallest absolute Gasteiger partial charge is 0.328 e. The van der Waals surface area contributed by atoms with Crippen LogP contribution in [0.4, 0.5) is 0 Å². The summed E-state index contributed by atoms with van der Waals surface area (Å²) in [6, 6.07) is 5.89. The summed E-state index contributed by atoms with van der Waals surface area (Å²) in [4.78, 5) is 11.1. The summed E-state index contributed by atoms with van der Waals surface area (Å²) in [5.74, 6) is 0.316. The highest BCUT2D eigenvalue weighted by atomic mass is 16.5. The standard InChI is InChI=1S/C16H17NO3/c1-17-9-14(13(8-16(18)19)10-3-4-10)12-6-5-11(20-2)7-15(12)17/h5-10H,3-4H2,1-2H3,(H,18,19)/b13-8+. The Balaban J connectivity index is 2.18. The van der Waals surface area contributed by atoms with E-state index in [1.165, 1.54) is 6.08 Å². The molecule has 0 spiro atoms. The lowest BCUT2D eigenvalue weighted by Gasteiger charge is -2.04. The molecule has 1 aromatic carbocycles. The van der Waals surface area contributed by atoms with Gasteiger partial charge in [-0.25, -0.2) is 4.79 Å². The molecule has 1 aromatic heterocycles. The summed E-state index contributed by atoms with van der Waals surface area (Å²) in [5, 5.41) is 10.2. The van der Waals surface area contributed by atoms with E-state index >= 15 is 0 Å². The van der Waals surface area contributed by atoms with Crippen LogP contribution >= 0.6 is 0 Å². The fourth-order valence-electron chi connectivity index (χ4n) is 2.66. The second-order valence-electron chi connectivity index (χ2n) is 5.25. The largest absolute Gasteiger partial charge is 0.497 e. The first-order valence-corrected chi connectivity index (χ1v) is 6.68. The Bertz CT molecular complexity index is 708. The SMILES string of the molecule is COc1ccc2c(/C(=C/C(=O)O)C3CC3)cn(C)c2c1. The number of benzene rings is 1. The van der Waals surface area contributed by atoms with Gasteiger partial charge in [0.1, 0.15) is 5.75 Å². The van der Waals surface area contributed by atoms with E-state index in [9.17, 15) is 4.79 Å². The fourth-order valence-corrected chi connectivity index (χ4v) is 2.66. The van der Waals surface area contributed by atoms with Crippen LogP contribution in [-0.2, 0) is 11.8 Å². The Morgan fingerprint density at radius 2 is 2.20 bits per heavy atom. The maximum absolute atomic E-state index is 11.1. The molecule has 0 atom stereocenters. The lowest BCUT2D eigenvalue weighted by Crippen LogP contribution is -1.94. The molecule has 0 saturated heterocycles. The Kier molecular flexibility index (Phi) is 3.01. The van der Waals surface area contributed by atoms with Crippen molar-refractivity contribution in [3.63, 3.8) is 0 Å². The first-order chi connectivity index (χ1) is 9.60. The molecule has 3 rings (SSSR count). The number of allylic oxidation sites excluding steroid dienone is 1. The molecule has 0 amide bonds. The highest BCUT2D eigenvalue weighted by molar-refractivity contribution is 5.99. The number of fused-ring (bicyclic) bond motifs is 1. The number of carboxylic acids is 1. The van der Waals surface area contributed by atoms with E-state index in [1.807, 2.05) is 36.0 Å². The number of carbonyl (C=O) groups is 1. The highest BCUT2D eigenvalue weighted by Gasteiger charge is 2.29. The van der Waals surface area contributed by atoms with Crippen LogP contribution in [0.1, 0.15) is 18.4 Å². The third-order valence-electron chi connectivity index (χ3n) is 3.80. The van der Waals surface area contributed by atoms with Crippen molar-refractivity contribution in [2.24, 2.45) is 13.0 Å². The maximum Gasteiger partial charge on any atom is 0.328 e. The van der Waals surface area contributed by atoms with E-state index in [2.05, 4.69) is 0 Å². The molecule has 0 radical (unpaired) electrons. The number of methoxy groups -OCH3 is 1. The van der Waals surface area contributed by atoms with E-state index in [0.29, 0.717) is 5.92 Å². The van der Waals surface area contributed by atoms with Gasteiger partial charge in [-0.1, -0.05) is 0 Å². The van der Waals surface area contributed by atoms with E-state index in [-0.39, 0.29) is 0 Å². The minimum atomic E-state index is -0.877. The van der Waals surface area contributed by atoms with Crippen molar-refractivity contribution in [1.82, 2.24) is 4.57 Å². The zero-order valence-corrected chi connectivity index (χ0v) is 11.6. The monoisotopic (exact) mass is 271 g/mol. The summed E-state index contributed by atoms with van der Waals surface area (Å²) in [6.45, 7) is 0. The van der Waals surface area contributed by atoms with Gasteiger partial charge >= 0.3 is 5.97 Å². The van der Waals surface area contributed by atoms with Crippen molar-refractivity contribution < 1.29 is 14.6 Å². The van der Waals surface area contributed by atoms with Gasteiger partial charge in [-0.05, 0) is 36.5 Å². The van der Waals surface area contributed by atoms with Gasteiger partial charge in [-0.15, -0.1) is 0 Å². The van der Waals surface area contributed by atoms with Crippen LogP contribution in [0.5, 0.6) is 5.75 Å². The number of ether oxygens (including phenoxy) is 1. The lowest BCUT2D eigenvalue weighted by atomic mass is 10.0. The van der Waals surface area contributed by atoms with Crippen LogP contribution < -0.4 is 4.74 Å². The number of carboxylic acid groups (broad SMARTS) is 1. The summed E-state index contributed by atoms with van der Waals surface area (Å²) >= 11 is 0. The molecule has 1 aliphatic carbocycles. The van der Waals surface area contributed by atoms with Crippen LogP contribution in [0.25, 0.3) is 16.5 Å². The Labute approximate surface area is 117 Å². The Morgan fingerprint density at radius 3 is 2.80 bits per heavy atom. The minimum Gasteiger partial charge on any atom is -0.497 e. The summed E-state index contributed by atoms with van der Waals surface area (Å²) < 4.78 is 7.27. The number of aromatic nitrogens is 1. The van der Waals surface area contributed by atoms with Gasteiger partial charge in [0.15, 0.2) is 0 Å². The van der Waals surface area contributed by atoms with Crippen molar-refractivity contribution in [3.05, 3.63) is 36.0 Å². The molecule has 1 heterocycles. The third-order valence-corrected chi connectivity index (χ3v) is 3.80. The molecule has 0 aliphatic heterocycles. The molecular weight excluding hydrogens is 254 g/mol. The second-order valence-corrected chi connectivity index (χ2v) is 5.25. The number of hydrogen-bond donors (Lipinski definition) is 1. The van der Waals surface area contributed by atoms with Crippen LogP contribution in [-0.4, -0.2) is 22.8 Å². The van der Waals surface area contributed by atoms with Crippen molar-refractivity contribution in [2.75, 3.05) is 7.11 Å². The Hall–Kier alpha value is -2.23. The molecule has 1 fully saturated rings. The molecule has 1 N–H and O–H groups in total. The molecule has 20 heavy (non-hydrogen) atoms. The molecule has 4 nitrogen and oxygen atoms in total. The number of nitrogens with zero attached hydrogens (tertiary/aromatic N) is 1. The van der Waals surface area contributed by atoms with Crippen molar-refractivity contribution in [2.45, 2.75) is 12.8 Å². The lowest BCUT2D eigenvalue weighted by molar-refractivity contribution is -0.131. The quantitative estimate of drug-likeness (QED) is 0.869. The van der Waals surface area contributed by atoms with E-state index in [1.54, 1.807) is 7.11 Å². The minimum absolute atomic E-state index is 0.388. The molecule has 4 heteroatoms. The number of aliphatic carboxylic acids is 1. The number of rotatable bonds is 4. The van der Waals surface area contributed by atoms with Crippen LogP contribution in [0, 0.1) is 5.92 Å². The number of aryl methyl sites for hydroxylation is 1. The van der Waals surface area contributed by atoms with Crippen LogP contribution in [0.2, 0.25) is 0 Å². The van der Waals surface area contributed by atoms with Crippen molar-refractivity contribution >= 4 is 22.4 Å². The zero-order valence-electron chi connectivity index (χ0n) is 11.6. The second kappa shape index (κ2) is 4.71. The summed E-state index contributed by atoms with van der Waals surface area (Å²) in [6.07, 6.45) is 5.52. The summed E-state index contributed by atoms with van der Waals surface area (Å²) in [7, 11) is 3.61. The van der Waals surface area contributed by atoms with E-state index in [4.69, 9.17) is 9.84 Å². The molecule has 2 aromatic rings. The van der Waals surface area contributed by atoms with Gasteiger partial charge in [-0.3, -0.25) is 0 Å². The number of hydrogen-bond acceptors (Lipinski definition) is 2. The highest BCUT2D eigenvalue weighted by Crippen LogP contribution is 2.44. The first kappa shape index (κ1) is 12.8. The average molecular weight is 271 g/mol. The van der Waals surface area contributed by atoms with E-state index < -0.39 is 5.97 Å². The molecule has 0 bridgehead atoms. The Morgan fingerprint density at radius 1 is 1.45 bits per heavy atom.